The summed E-state index contributed by atoms with van der Waals surface area (Å²) in [6.07, 6.45) is 4.93. The molecule has 1 aliphatic rings. The maximum absolute atomic E-state index is 11.8. The lowest BCUT2D eigenvalue weighted by atomic mass is 9.87. The van der Waals surface area contributed by atoms with Gasteiger partial charge in [-0.25, -0.2) is 8.42 Å². The van der Waals surface area contributed by atoms with Gasteiger partial charge in [-0.1, -0.05) is 37.8 Å². The van der Waals surface area contributed by atoms with Gasteiger partial charge in [-0.05, 0) is 17.9 Å². The lowest BCUT2D eigenvalue weighted by molar-refractivity contribution is -0.385. The first-order chi connectivity index (χ1) is 10.9. The molecule has 1 amide bonds. The van der Waals surface area contributed by atoms with Crippen molar-refractivity contribution in [2.75, 3.05) is 0 Å². The van der Waals surface area contributed by atoms with Crippen LogP contribution in [0.15, 0.2) is 18.2 Å². The third kappa shape index (κ3) is 4.51. The molecule has 8 heteroatoms. The molecule has 0 saturated heterocycles. The number of benzene rings is 1. The molecule has 0 aliphatic heterocycles. The summed E-state index contributed by atoms with van der Waals surface area (Å²) >= 11 is 0. The normalized spacial score (nSPS) is 16.6. The number of thiol groups is 1. The van der Waals surface area contributed by atoms with Gasteiger partial charge >= 0.3 is 0 Å². The van der Waals surface area contributed by atoms with Gasteiger partial charge in [0.2, 0.25) is 5.91 Å². The van der Waals surface area contributed by atoms with E-state index in [-0.39, 0.29) is 11.3 Å². The van der Waals surface area contributed by atoms with Crippen LogP contribution in [0.2, 0.25) is 0 Å². The summed E-state index contributed by atoms with van der Waals surface area (Å²) < 4.78 is 21.7. The van der Waals surface area contributed by atoms with Crippen LogP contribution in [-0.4, -0.2) is 19.2 Å². The van der Waals surface area contributed by atoms with E-state index in [0.717, 1.165) is 25.7 Å². The molecule has 0 bridgehead atoms. The van der Waals surface area contributed by atoms with Crippen molar-refractivity contribution in [2.24, 2.45) is 11.7 Å². The molecule has 7 nitrogen and oxygen atoms in total. The third-order valence-electron chi connectivity index (χ3n) is 4.40. The largest absolute Gasteiger partial charge is 0.369 e. The monoisotopic (exact) mass is 340 g/mol. The lowest BCUT2D eigenvalue weighted by Crippen LogP contribution is -2.23. The maximum Gasteiger partial charge on any atom is 0.273 e. The van der Waals surface area contributed by atoms with Crippen LogP contribution in [0, 0.1) is 16.0 Å². The zero-order chi connectivity index (χ0) is 17.0. The molecule has 0 radical (unpaired) electrons. The smallest absolute Gasteiger partial charge is 0.273 e. The quantitative estimate of drug-likeness (QED) is 0.446. The zero-order valence-electron chi connectivity index (χ0n) is 12.6. The van der Waals surface area contributed by atoms with Crippen molar-refractivity contribution in [3.8, 4) is 0 Å². The van der Waals surface area contributed by atoms with Crippen molar-refractivity contribution < 1.29 is 18.1 Å². The van der Waals surface area contributed by atoms with Gasteiger partial charge in [-0.15, -0.1) is 0 Å². The Bertz CT molecular complexity index is 672. The van der Waals surface area contributed by atoms with Gasteiger partial charge in [-0.3, -0.25) is 14.9 Å². The molecular formula is C15H20N2O5S. The number of nitro groups is 1. The molecular weight excluding hydrogens is 320 g/mol. The summed E-state index contributed by atoms with van der Waals surface area (Å²) in [5.74, 6) is -1.07. The van der Waals surface area contributed by atoms with E-state index < -0.39 is 33.2 Å². The first-order valence-corrected chi connectivity index (χ1v) is 8.93. The van der Waals surface area contributed by atoms with E-state index in [1.165, 1.54) is 12.1 Å². The van der Waals surface area contributed by atoms with Gasteiger partial charge in [-0.2, -0.15) is 0 Å². The van der Waals surface area contributed by atoms with E-state index in [2.05, 4.69) is 0 Å². The fourth-order valence-electron chi connectivity index (χ4n) is 3.24. The van der Waals surface area contributed by atoms with E-state index in [9.17, 15) is 23.3 Å². The number of amides is 1. The van der Waals surface area contributed by atoms with Gasteiger partial charge in [0.1, 0.15) is 10.7 Å². The zero-order valence-corrected chi connectivity index (χ0v) is 13.5. The Morgan fingerprint density at radius 3 is 2.52 bits per heavy atom. The SMILES string of the molecule is NC(=O)C(CC1CCCC1)c1ccc(C[SH](=O)=O)c([N+](=O)[O-])c1. The van der Waals surface area contributed by atoms with Crippen molar-refractivity contribution in [3.63, 3.8) is 0 Å². The van der Waals surface area contributed by atoms with Crippen LogP contribution in [0.5, 0.6) is 0 Å². The minimum Gasteiger partial charge on any atom is -0.369 e. The van der Waals surface area contributed by atoms with Gasteiger partial charge in [0, 0.05) is 11.6 Å². The average molecular weight is 340 g/mol. The Hall–Kier alpha value is -1.96. The Morgan fingerprint density at radius 2 is 2.00 bits per heavy atom. The van der Waals surface area contributed by atoms with Crippen molar-refractivity contribution in [3.05, 3.63) is 39.4 Å². The van der Waals surface area contributed by atoms with E-state index in [1.54, 1.807) is 6.07 Å². The highest BCUT2D eigenvalue weighted by Gasteiger charge is 2.27. The van der Waals surface area contributed by atoms with Crippen LogP contribution >= 0.6 is 0 Å². The first-order valence-electron chi connectivity index (χ1n) is 7.56. The number of rotatable bonds is 7. The molecule has 126 valence electrons. The number of primary amides is 1. The topological polar surface area (TPSA) is 120 Å². The summed E-state index contributed by atoms with van der Waals surface area (Å²) in [4.78, 5) is 22.4. The van der Waals surface area contributed by atoms with Gasteiger partial charge in [0.25, 0.3) is 5.69 Å². The number of hydrogen-bond donors (Lipinski definition) is 2. The molecule has 2 rings (SSSR count). The highest BCUT2D eigenvalue weighted by Crippen LogP contribution is 2.35. The Labute approximate surface area is 136 Å². The molecule has 1 atom stereocenters. The molecule has 0 heterocycles. The molecule has 2 N–H and O–H groups in total. The number of hydrogen-bond acceptors (Lipinski definition) is 5. The van der Waals surface area contributed by atoms with E-state index in [4.69, 9.17) is 5.73 Å². The van der Waals surface area contributed by atoms with E-state index in [0.29, 0.717) is 17.9 Å². The van der Waals surface area contributed by atoms with Crippen molar-refractivity contribution in [2.45, 2.75) is 43.8 Å². The van der Waals surface area contributed by atoms with Crippen LogP contribution in [0.3, 0.4) is 0 Å². The molecule has 1 aromatic rings. The van der Waals surface area contributed by atoms with Crippen LogP contribution in [-0.2, 0) is 21.3 Å². The molecule has 1 fully saturated rings. The van der Waals surface area contributed by atoms with Crippen LogP contribution in [0.25, 0.3) is 0 Å². The van der Waals surface area contributed by atoms with E-state index >= 15 is 0 Å². The maximum atomic E-state index is 11.8. The highest BCUT2D eigenvalue weighted by molar-refractivity contribution is 7.71. The van der Waals surface area contributed by atoms with Crippen LogP contribution < -0.4 is 5.73 Å². The minimum atomic E-state index is -2.76. The third-order valence-corrected chi connectivity index (χ3v) is 4.99. The Kier molecular flexibility index (Phi) is 5.70. The number of nitrogens with two attached hydrogens (primary N) is 1. The summed E-state index contributed by atoms with van der Waals surface area (Å²) in [5, 5.41) is 11.2. The van der Waals surface area contributed by atoms with Gasteiger partial charge < -0.3 is 5.73 Å². The highest BCUT2D eigenvalue weighted by atomic mass is 32.2. The minimum absolute atomic E-state index is 0.124. The van der Waals surface area contributed by atoms with Gasteiger partial charge in [0.05, 0.1) is 16.6 Å². The summed E-state index contributed by atoms with van der Waals surface area (Å²) in [6.45, 7) is 0. The lowest BCUT2D eigenvalue weighted by Gasteiger charge is -2.18. The second-order valence-corrected chi connectivity index (χ2v) is 6.96. The predicted molar refractivity (Wildman–Crippen MR) is 85.6 cm³/mol. The van der Waals surface area contributed by atoms with Gasteiger partial charge in [0.15, 0.2) is 0 Å². The van der Waals surface area contributed by atoms with Crippen molar-refractivity contribution in [1.29, 1.82) is 0 Å². The number of carbonyl (C=O) groups excluding carboxylic acids is 1. The molecule has 0 aromatic heterocycles. The molecule has 1 saturated carbocycles. The Morgan fingerprint density at radius 1 is 1.35 bits per heavy atom. The second kappa shape index (κ2) is 7.54. The summed E-state index contributed by atoms with van der Waals surface area (Å²) in [5.41, 5.74) is 5.82. The van der Waals surface area contributed by atoms with Crippen LogP contribution in [0.1, 0.15) is 49.1 Å². The number of nitrogens with zero attached hydrogens (tertiary/aromatic N) is 1. The standard InChI is InChI=1S/C15H20N2O5S/c16-15(18)13(7-10-3-1-2-4-10)11-5-6-12(9-23(21)22)14(8-11)17(19)20/h5-6,8,10,13,23H,1-4,7,9H2,(H2,16,18). The van der Waals surface area contributed by atoms with E-state index in [1.807, 2.05) is 0 Å². The molecule has 1 aromatic carbocycles. The first kappa shape index (κ1) is 17.4. The summed E-state index contributed by atoms with van der Waals surface area (Å²) in [7, 11) is -2.76. The van der Waals surface area contributed by atoms with Crippen molar-refractivity contribution in [1.82, 2.24) is 0 Å². The van der Waals surface area contributed by atoms with Crippen molar-refractivity contribution >= 4 is 22.3 Å². The molecule has 1 unspecified atom stereocenters. The number of carbonyl (C=O) groups is 1. The molecule has 0 spiro atoms. The molecule has 1 aliphatic carbocycles. The summed E-state index contributed by atoms with van der Waals surface area (Å²) in [6, 6.07) is 4.27. The fourth-order valence-corrected chi connectivity index (χ4v) is 3.78. The fraction of sp³-hybridized carbons (Fsp3) is 0.533. The predicted octanol–water partition coefficient (Wildman–Crippen LogP) is 1.86. The number of nitro benzene ring substituents is 1. The van der Waals surface area contributed by atoms with Crippen LogP contribution in [0.4, 0.5) is 5.69 Å². The second-order valence-electron chi connectivity index (χ2n) is 5.98. The average Bonchev–Trinajstić information content (AvgIpc) is 2.97. The molecule has 23 heavy (non-hydrogen) atoms. The Balaban J connectivity index is 2.33.